The number of amides is 1. The van der Waals surface area contributed by atoms with Crippen LogP contribution in [-0.2, 0) is 29.1 Å². The van der Waals surface area contributed by atoms with Gasteiger partial charge in [-0.1, -0.05) is 30.3 Å². The zero-order valence-corrected chi connectivity index (χ0v) is 18.5. The van der Waals surface area contributed by atoms with Gasteiger partial charge in [-0.05, 0) is 18.4 Å². The SMILES string of the molecule is O=C(CN1CCC(n2cc(-c3ccccc3)cn2)CC1)NCc1nc2c(c(=O)[nH]1)COCC2. The smallest absolute Gasteiger partial charge is 0.256 e. The monoisotopic (exact) mass is 448 g/mol. The van der Waals surface area contributed by atoms with Crippen LogP contribution in [0.3, 0.4) is 0 Å². The molecule has 0 unspecified atom stereocenters. The molecule has 2 N–H and O–H groups in total. The van der Waals surface area contributed by atoms with E-state index in [1.807, 2.05) is 24.4 Å². The first-order valence-corrected chi connectivity index (χ1v) is 11.4. The Morgan fingerprint density at radius 2 is 2.00 bits per heavy atom. The van der Waals surface area contributed by atoms with E-state index in [0.29, 0.717) is 43.6 Å². The van der Waals surface area contributed by atoms with Crippen molar-refractivity contribution in [2.24, 2.45) is 0 Å². The fourth-order valence-corrected chi connectivity index (χ4v) is 4.48. The van der Waals surface area contributed by atoms with Gasteiger partial charge in [0.15, 0.2) is 0 Å². The summed E-state index contributed by atoms with van der Waals surface area (Å²) in [4.78, 5) is 34.0. The maximum absolute atomic E-state index is 12.5. The molecule has 2 aliphatic heterocycles. The quantitative estimate of drug-likeness (QED) is 0.594. The van der Waals surface area contributed by atoms with Crippen molar-refractivity contribution in [2.75, 3.05) is 26.2 Å². The van der Waals surface area contributed by atoms with E-state index in [4.69, 9.17) is 4.74 Å². The van der Waals surface area contributed by atoms with E-state index in [2.05, 4.69) is 48.3 Å². The summed E-state index contributed by atoms with van der Waals surface area (Å²) in [5.41, 5.74) is 3.47. The summed E-state index contributed by atoms with van der Waals surface area (Å²) < 4.78 is 7.37. The predicted molar refractivity (Wildman–Crippen MR) is 122 cm³/mol. The van der Waals surface area contributed by atoms with Crippen LogP contribution in [0.2, 0.25) is 0 Å². The second kappa shape index (κ2) is 9.68. The maximum Gasteiger partial charge on any atom is 0.256 e. The number of fused-ring (bicyclic) bond motifs is 1. The van der Waals surface area contributed by atoms with Gasteiger partial charge in [0.05, 0.1) is 49.8 Å². The molecule has 1 saturated heterocycles. The number of nitrogens with zero attached hydrogens (tertiary/aromatic N) is 4. The van der Waals surface area contributed by atoms with Crippen molar-refractivity contribution in [3.63, 3.8) is 0 Å². The molecule has 1 amide bonds. The van der Waals surface area contributed by atoms with Gasteiger partial charge in [0, 0.05) is 31.3 Å². The van der Waals surface area contributed by atoms with Gasteiger partial charge < -0.3 is 15.0 Å². The average Bonchev–Trinajstić information content (AvgIpc) is 3.34. The standard InChI is InChI=1S/C24H28N6O3/c31-23(25-13-22-27-21-8-11-33-16-20(21)24(32)28-22)15-29-9-6-19(7-10-29)30-14-18(12-26-30)17-4-2-1-3-5-17/h1-5,12,14,19H,6-11,13,15-16H2,(H,25,31)(H,27,28,32). The van der Waals surface area contributed by atoms with E-state index in [9.17, 15) is 9.59 Å². The van der Waals surface area contributed by atoms with E-state index in [-0.39, 0.29) is 18.0 Å². The Hall–Kier alpha value is -3.30. The van der Waals surface area contributed by atoms with Gasteiger partial charge in [-0.3, -0.25) is 19.2 Å². The minimum absolute atomic E-state index is 0.0670. The fourth-order valence-electron chi connectivity index (χ4n) is 4.48. The van der Waals surface area contributed by atoms with Crippen LogP contribution in [-0.4, -0.2) is 56.8 Å². The molecule has 0 saturated carbocycles. The van der Waals surface area contributed by atoms with Crippen LogP contribution < -0.4 is 10.9 Å². The van der Waals surface area contributed by atoms with E-state index in [0.717, 1.165) is 37.2 Å². The number of aromatic nitrogens is 4. The van der Waals surface area contributed by atoms with Gasteiger partial charge in [0.1, 0.15) is 5.82 Å². The number of likely N-dealkylation sites (tertiary alicyclic amines) is 1. The van der Waals surface area contributed by atoms with Crippen LogP contribution in [0.1, 0.15) is 36.0 Å². The second-order valence-electron chi connectivity index (χ2n) is 8.60. The Morgan fingerprint density at radius 1 is 1.18 bits per heavy atom. The van der Waals surface area contributed by atoms with Crippen LogP contribution in [0.25, 0.3) is 11.1 Å². The van der Waals surface area contributed by atoms with Crippen LogP contribution >= 0.6 is 0 Å². The molecule has 33 heavy (non-hydrogen) atoms. The highest BCUT2D eigenvalue weighted by atomic mass is 16.5. The number of carbonyl (C=O) groups excluding carboxylic acids is 1. The summed E-state index contributed by atoms with van der Waals surface area (Å²) in [6.45, 7) is 3.10. The molecule has 5 rings (SSSR count). The van der Waals surface area contributed by atoms with Crippen LogP contribution in [0.15, 0.2) is 47.5 Å². The number of carbonyl (C=O) groups is 1. The van der Waals surface area contributed by atoms with Crippen LogP contribution in [0.5, 0.6) is 0 Å². The molecule has 1 aromatic carbocycles. The number of H-pyrrole nitrogens is 1. The van der Waals surface area contributed by atoms with Gasteiger partial charge in [-0.25, -0.2) is 4.98 Å². The van der Waals surface area contributed by atoms with E-state index < -0.39 is 0 Å². The molecule has 4 heterocycles. The first-order valence-electron chi connectivity index (χ1n) is 11.4. The molecule has 3 aromatic rings. The Bertz CT molecular complexity index is 1160. The number of aromatic amines is 1. The molecule has 0 atom stereocenters. The summed E-state index contributed by atoms with van der Waals surface area (Å²) in [7, 11) is 0. The number of ether oxygens (including phenoxy) is 1. The molecule has 0 bridgehead atoms. The van der Waals surface area contributed by atoms with Crippen molar-refractivity contribution in [2.45, 2.75) is 38.5 Å². The molecule has 2 aliphatic rings. The van der Waals surface area contributed by atoms with Gasteiger partial charge in [0.2, 0.25) is 5.91 Å². The largest absolute Gasteiger partial charge is 0.376 e. The molecule has 1 fully saturated rings. The summed E-state index contributed by atoms with van der Waals surface area (Å²) in [5, 5.41) is 7.46. The number of piperidine rings is 1. The van der Waals surface area contributed by atoms with Crippen molar-refractivity contribution >= 4 is 5.91 Å². The highest BCUT2D eigenvalue weighted by Gasteiger charge is 2.23. The van der Waals surface area contributed by atoms with Gasteiger partial charge in [-0.15, -0.1) is 0 Å². The minimum Gasteiger partial charge on any atom is -0.376 e. The highest BCUT2D eigenvalue weighted by Crippen LogP contribution is 2.25. The van der Waals surface area contributed by atoms with Crippen LogP contribution in [0, 0.1) is 0 Å². The lowest BCUT2D eigenvalue weighted by Crippen LogP contribution is -2.42. The average molecular weight is 449 g/mol. The number of hydrogen-bond donors (Lipinski definition) is 2. The Balaban J connectivity index is 1.10. The Kier molecular flexibility index (Phi) is 6.32. The van der Waals surface area contributed by atoms with E-state index >= 15 is 0 Å². The number of rotatable bonds is 6. The van der Waals surface area contributed by atoms with Gasteiger partial charge in [-0.2, -0.15) is 5.10 Å². The van der Waals surface area contributed by atoms with Gasteiger partial charge >= 0.3 is 0 Å². The number of benzene rings is 1. The lowest BCUT2D eigenvalue weighted by Gasteiger charge is -2.31. The first kappa shape index (κ1) is 21.5. The van der Waals surface area contributed by atoms with Gasteiger partial charge in [0.25, 0.3) is 5.56 Å². The fraction of sp³-hybridized carbons (Fsp3) is 0.417. The molecule has 172 valence electrons. The van der Waals surface area contributed by atoms with Crippen molar-refractivity contribution in [1.82, 2.24) is 30.0 Å². The maximum atomic E-state index is 12.5. The highest BCUT2D eigenvalue weighted by molar-refractivity contribution is 5.77. The summed E-state index contributed by atoms with van der Waals surface area (Å²) >= 11 is 0. The van der Waals surface area contributed by atoms with Crippen molar-refractivity contribution in [3.8, 4) is 11.1 Å². The summed E-state index contributed by atoms with van der Waals surface area (Å²) in [6, 6.07) is 10.6. The molecule has 2 aromatic heterocycles. The molecule has 9 heteroatoms. The zero-order valence-electron chi connectivity index (χ0n) is 18.5. The van der Waals surface area contributed by atoms with Crippen LogP contribution in [0.4, 0.5) is 0 Å². The Morgan fingerprint density at radius 3 is 2.82 bits per heavy atom. The zero-order chi connectivity index (χ0) is 22.6. The third-order valence-electron chi connectivity index (χ3n) is 6.34. The lowest BCUT2D eigenvalue weighted by molar-refractivity contribution is -0.122. The lowest BCUT2D eigenvalue weighted by atomic mass is 10.1. The predicted octanol–water partition coefficient (Wildman–Crippen LogP) is 1.66. The van der Waals surface area contributed by atoms with E-state index in [1.54, 1.807) is 0 Å². The first-order chi connectivity index (χ1) is 16.2. The normalized spacial score (nSPS) is 17.0. The third-order valence-corrected chi connectivity index (χ3v) is 6.34. The van der Waals surface area contributed by atoms with Crippen molar-refractivity contribution in [1.29, 1.82) is 0 Å². The molecule has 0 spiro atoms. The van der Waals surface area contributed by atoms with Crippen molar-refractivity contribution in [3.05, 3.63) is 70.2 Å². The van der Waals surface area contributed by atoms with E-state index in [1.165, 1.54) is 5.56 Å². The third kappa shape index (κ3) is 5.04. The second-order valence-corrected chi connectivity index (χ2v) is 8.60. The molecular weight excluding hydrogens is 420 g/mol. The Labute approximate surface area is 191 Å². The number of hydrogen-bond acceptors (Lipinski definition) is 6. The topological polar surface area (TPSA) is 105 Å². The minimum atomic E-state index is -0.180. The summed E-state index contributed by atoms with van der Waals surface area (Å²) in [6.07, 6.45) is 6.55. The summed E-state index contributed by atoms with van der Waals surface area (Å²) in [5.74, 6) is 0.420. The molecular formula is C24H28N6O3. The molecule has 0 aliphatic carbocycles. The number of nitrogens with one attached hydrogen (secondary N) is 2. The van der Waals surface area contributed by atoms with Crippen molar-refractivity contribution < 1.29 is 9.53 Å². The molecule has 0 radical (unpaired) electrons. The molecule has 9 nitrogen and oxygen atoms in total.